The second-order valence-electron chi connectivity index (χ2n) is 3.59. The molecule has 0 spiro atoms. The van der Waals surface area contributed by atoms with Gasteiger partial charge in [-0.3, -0.25) is 0 Å². The molecule has 0 atom stereocenters. The van der Waals surface area contributed by atoms with Crippen LogP contribution in [-0.2, 0) is 14.8 Å². The van der Waals surface area contributed by atoms with Crippen LogP contribution in [0.5, 0.6) is 0 Å². The smallest absolute Gasteiger partial charge is 0.211 e. The van der Waals surface area contributed by atoms with Crippen LogP contribution in [0.1, 0.15) is 6.42 Å². The van der Waals surface area contributed by atoms with Crippen molar-refractivity contribution in [3.63, 3.8) is 0 Å². The lowest BCUT2D eigenvalue weighted by molar-refractivity contribution is 0.162. The van der Waals surface area contributed by atoms with Gasteiger partial charge < -0.3 is 14.7 Å². The maximum absolute atomic E-state index is 11.3. The van der Waals surface area contributed by atoms with Crippen LogP contribution in [0.3, 0.4) is 0 Å². The average molecular weight is 254 g/mol. The summed E-state index contributed by atoms with van der Waals surface area (Å²) in [4.78, 5) is 1.98. The lowest BCUT2D eigenvalue weighted by Crippen LogP contribution is -2.35. The molecule has 0 aromatic rings. The first-order chi connectivity index (χ1) is 7.52. The number of likely N-dealkylation sites (N-methyl/N-ethyl adjacent to an activating group) is 1. The van der Waals surface area contributed by atoms with Crippen molar-refractivity contribution >= 4 is 10.0 Å². The fraction of sp³-hybridized carbons (Fsp3) is 1.00. The summed E-state index contributed by atoms with van der Waals surface area (Å²) in [7, 11) is 0.306. The average Bonchev–Trinajstić information content (AvgIpc) is 2.23. The predicted octanol–water partition coefficient (Wildman–Crippen LogP) is -1.13. The van der Waals surface area contributed by atoms with Crippen LogP contribution >= 0.6 is 0 Å². The Morgan fingerprint density at radius 3 is 2.62 bits per heavy atom. The van der Waals surface area contributed by atoms with Crippen molar-refractivity contribution in [1.82, 2.24) is 9.62 Å². The van der Waals surface area contributed by atoms with Gasteiger partial charge in [0.15, 0.2) is 0 Å². The molecule has 16 heavy (non-hydrogen) atoms. The van der Waals surface area contributed by atoms with E-state index in [1.165, 1.54) is 0 Å². The van der Waals surface area contributed by atoms with Crippen LogP contribution in [0, 0.1) is 0 Å². The van der Waals surface area contributed by atoms with Crippen molar-refractivity contribution in [1.29, 1.82) is 0 Å². The van der Waals surface area contributed by atoms with Gasteiger partial charge in [0.1, 0.15) is 0 Å². The fourth-order valence-corrected chi connectivity index (χ4v) is 2.13. The van der Waals surface area contributed by atoms with E-state index in [0.29, 0.717) is 19.7 Å². The molecule has 0 amide bonds. The molecule has 0 aromatic carbocycles. The van der Waals surface area contributed by atoms with E-state index >= 15 is 0 Å². The SMILES string of the molecule is COCCN(C)CCNS(=O)(=O)CCCO. The molecule has 0 aromatic heterocycles. The van der Waals surface area contributed by atoms with E-state index in [2.05, 4.69) is 4.72 Å². The van der Waals surface area contributed by atoms with Crippen molar-refractivity contribution in [3.8, 4) is 0 Å². The Morgan fingerprint density at radius 1 is 1.38 bits per heavy atom. The topological polar surface area (TPSA) is 78.9 Å². The highest BCUT2D eigenvalue weighted by atomic mass is 32.2. The summed E-state index contributed by atoms with van der Waals surface area (Å²) in [6.07, 6.45) is 0.273. The summed E-state index contributed by atoms with van der Waals surface area (Å²) in [6, 6.07) is 0. The Balaban J connectivity index is 3.63. The summed E-state index contributed by atoms with van der Waals surface area (Å²) in [5, 5.41) is 8.53. The standard InChI is InChI=1S/C9H22N2O4S/c1-11(6-8-15-2)5-4-10-16(13,14)9-3-7-12/h10,12H,3-9H2,1-2H3. The highest BCUT2D eigenvalue weighted by molar-refractivity contribution is 7.89. The number of rotatable bonds is 10. The predicted molar refractivity (Wildman–Crippen MR) is 62.9 cm³/mol. The van der Waals surface area contributed by atoms with Gasteiger partial charge in [0, 0.05) is 33.4 Å². The summed E-state index contributed by atoms with van der Waals surface area (Å²) < 4.78 is 30.0. The zero-order valence-electron chi connectivity index (χ0n) is 9.98. The summed E-state index contributed by atoms with van der Waals surface area (Å²) in [5.74, 6) is -0.0225. The minimum atomic E-state index is -3.23. The van der Waals surface area contributed by atoms with Crippen LogP contribution in [0.2, 0.25) is 0 Å². The molecule has 0 bridgehead atoms. The fourth-order valence-electron chi connectivity index (χ4n) is 1.08. The largest absolute Gasteiger partial charge is 0.396 e. The highest BCUT2D eigenvalue weighted by Crippen LogP contribution is 1.89. The molecule has 98 valence electrons. The highest BCUT2D eigenvalue weighted by Gasteiger charge is 2.08. The molecule has 0 aliphatic heterocycles. The lowest BCUT2D eigenvalue weighted by atomic mass is 10.5. The Bertz CT molecular complexity index is 256. The maximum atomic E-state index is 11.3. The van der Waals surface area contributed by atoms with Gasteiger partial charge in [-0.05, 0) is 13.5 Å². The first kappa shape index (κ1) is 15.8. The first-order valence-electron chi connectivity index (χ1n) is 5.27. The van der Waals surface area contributed by atoms with Gasteiger partial charge in [-0.25, -0.2) is 13.1 Å². The van der Waals surface area contributed by atoms with E-state index < -0.39 is 10.0 Å². The monoisotopic (exact) mass is 254 g/mol. The molecular formula is C9H22N2O4S. The molecule has 0 saturated heterocycles. The molecule has 6 nitrogen and oxygen atoms in total. The van der Waals surface area contributed by atoms with Crippen molar-refractivity contribution in [2.75, 3.05) is 52.8 Å². The third-order valence-electron chi connectivity index (χ3n) is 2.06. The van der Waals surface area contributed by atoms with Crippen LogP contribution in [0.15, 0.2) is 0 Å². The molecule has 0 unspecified atom stereocenters. The number of aliphatic hydroxyl groups is 1. The van der Waals surface area contributed by atoms with Gasteiger partial charge in [0.25, 0.3) is 0 Å². The molecule has 0 aliphatic carbocycles. The summed E-state index contributed by atoms with van der Waals surface area (Å²) in [5.41, 5.74) is 0. The second kappa shape index (κ2) is 8.89. The Morgan fingerprint density at radius 2 is 2.06 bits per heavy atom. The van der Waals surface area contributed by atoms with Gasteiger partial charge in [0.2, 0.25) is 10.0 Å². The van der Waals surface area contributed by atoms with Gasteiger partial charge in [0.05, 0.1) is 12.4 Å². The van der Waals surface area contributed by atoms with Crippen molar-refractivity contribution in [3.05, 3.63) is 0 Å². The molecule has 2 N–H and O–H groups in total. The third kappa shape index (κ3) is 9.05. The summed E-state index contributed by atoms with van der Waals surface area (Å²) >= 11 is 0. The van der Waals surface area contributed by atoms with E-state index in [1.54, 1.807) is 7.11 Å². The number of hydrogen-bond donors (Lipinski definition) is 2. The minimum absolute atomic E-state index is 0.0225. The van der Waals surface area contributed by atoms with E-state index in [-0.39, 0.29) is 18.8 Å². The van der Waals surface area contributed by atoms with Crippen LogP contribution in [0.4, 0.5) is 0 Å². The second-order valence-corrected chi connectivity index (χ2v) is 5.51. The zero-order chi connectivity index (χ0) is 12.4. The Kier molecular flexibility index (Phi) is 8.77. The molecular weight excluding hydrogens is 232 g/mol. The van der Waals surface area contributed by atoms with Gasteiger partial charge in [-0.1, -0.05) is 0 Å². The number of methoxy groups -OCH3 is 1. The van der Waals surface area contributed by atoms with Gasteiger partial charge in [-0.2, -0.15) is 0 Å². The van der Waals surface area contributed by atoms with E-state index in [1.807, 2.05) is 11.9 Å². The van der Waals surface area contributed by atoms with Gasteiger partial charge in [-0.15, -0.1) is 0 Å². The van der Waals surface area contributed by atoms with Crippen molar-refractivity contribution < 1.29 is 18.3 Å². The number of nitrogens with zero attached hydrogens (tertiary/aromatic N) is 1. The summed E-state index contributed by atoms with van der Waals surface area (Å²) in [6.45, 7) is 2.33. The number of aliphatic hydroxyl groups excluding tert-OH is 1. The Hall–Kier alpha value is -0.210. The molecule has 0 saturated carbocycles. The molecule has 0 rings (SSSR count). The number of hydrogen-bond acceptors (Lipinski definition) is 5. The maximum Gasteiger partial charge on any atom is 0.211 e. The van der Waals surface area contributed by atoms with Crippen LogP contribution in [0.25, 0.3) is 0 Å². The Labute approximate surface area is 97.6 Å². The zero-order valence-corrected chi connectivity index (χ0v) is 10.8. The van der Waals surface area contributed by atoms with E-state index in [9.17, 15) is 8.42 Å². The molecule has 0 fully saturated rings. The molecule has 0 radical (unpaired) electrons. The van der Waals surface area contributed by atoms with Crippen molar-refractivity contribution in [2.24, 2.45) is 0 Å². The number of ether oxygens (including phenoxy) is 1. The molecule has 0 aliphatic rings. The van der Waals surface area contributed by atoms with Crippen molar-refractivity contribution in [2.45, 2.75) is 6.42 Å². The quantitative estimate of drug-likeness (QED) is 0.515. The van der Waals surface area contributed by atoms with Crippen LogP contribution in [-0.4, -0.2) is 71.2 Å². The number of sulfonamides is 1. The van der Waals surface area contributed by atoms with E-state index in [4.69, 9.17) is 9.84 Å². The first-order valence-corrected chi connectivity index (χ1v) is 6.92. The third-order valence-corrected chi connectivity index (χ3v) is 3.53. The number of nitrogens with one attached hydrogen (secondary N) is 1. The molecule has 7 heteroatoms. The van der Waals surface area contributed by atoms with Crippen LogP contribution < -0.4 is 4.72 Å². The molecule has 0 heterocycles. The van der Waals surface area contributed by atoms with Gasteiger partial charge >= 0.3 is 0 Å². The normalized spacial score (nSPS) is 12.2. The van der Waals surface area contributed by atoms with E-state index in [0.717, 1.165) is 6.54 Å². The minimum Gasteiger partial charge on any atom is -0.396 e. The lowest BCUT2D eigenvalue weighted by Gasteiger charge is -2.16.